The molecule has 2 aliphatic rings. The number of carbonyl (C=O) groups is 1. The van der Waals surface area contributed by atoms with Gasteiger partial charge in [-0.15, -0.1) is 0 Å². The fourth-order valence-electron chi connectivity index (χ4n) is 4.76. The Labute approximate surface area is 198 Å². The number of ether oxygens (including phenoxy) is 2. The molecule has 3 heterocycles. The van der Waals surface area contributed by atoms with Gasteiger partial charge in [0.2, 0.25) is 5.76 Å². The SMILES string of the molecule is C=CCOc1cccc([C@@H]2c3c(oc4ccccc4c3=O)C(=O)N2CCCN2CCOCC2)c1. The Kier molecular flexibility index (Phi) is 6.47. The van der Waals surface area contributed by atoms with Crippen molar-refractivity contribution in [1.29, 1.82) is 0 Å². The molecule has 7 heteroatoms. The van der Waals surface area contributed by atoms with Crippen molar-refractivity contribution in [2.24, 2.45) is 0 Å². The van der Waals surface area contributed by atoms with E-state index in [4.69, 9.17) is 13.9 Å². The maximum Gasteiger partial charge on any atom is 0.290 e. The van der Waals surface area contributed by atoms with Gasteiger partial charge >= 0.3 is 0 Å². The van der Waals surface area contributed by atoms with Gasteiger partial charge in [-0.1, -0.05) is 36.9 Å². The molecule has 0 unspecified atom stereocenters. The van der Waals surface area contributed by atoms with E-state index in [9.17, 15) is 9.59 Å². The Bertz CT molecular complexity index is 1260. The zero-order valence-electron chi connectivity index (χ0n) is 19.1. The number of nitrogens with zero attached hydrogens (tertiary/aromatic N) is 2. The first-order valence-electron chi connectivity index (χ1n) is 11.7. The third-order valence-corrected chi connectivity index (χ3v) is 6.39. The molecule has 176 valence electrons. The lowest BCUT2D eigenvalue weighted by molar-refractivity contribution is 0.0353. The second kappa shape index (κ2) is 9.83. The van der Waals surface area contributed by atoms with Gasteiger partial charge in [-0.05, 0) is 36.2 Å². The van der Waals surface area contributed by atoms with Gasteiger partial charge in [0, 0.05) is 26.2 Å². The summed E-state index contributed by atoms with van der Waals surface area (Å²) in [7, 11) is 0. The number of rotatable bonds is 8. The summed E-state index contributed by atoms with van der Waals surface area (Å²) in [5.41, 5.74) is 1.48. The lowest BCUT2D eigenvalue weighted by Gasteiger charge is -2.29. The molecule has 0 aliphatic carbocycles. The molecule has 1 atom stereocenters. The number of amides is 1. The van der Waals surface area contributed by atoms with E-state index in [1.807, 2.05) is 24.3 Å². The quantitative estimate of drug-likeness (QED) is 0.478. The van der Waals surface area contributed by atoms with Crippen LogP contribution in [0.3, 0.4) is 0 Å². The topological polar surface area (TPSA) is 72.2 Å². The average molecular weight is 461 g/mol. The first kappa shape index (κ1) is 22.4. The first-order valence-corrected chi connectivity index (χ1v) is 11.7. The predicted octanol–water partition coefficient (Wildman–Crippen LogP) is 3.63. The van der Waals surface area contributed by atoms with Crippen LogP contribution in [-0.2, 0) is 4.74 Å². The number of fused-ring (bicyclic) bond motifs is 2. The molecule has 34 heavy (non-hydrogen) atoms. The van der Waals surface area contributed by atoms with Crippen LogP contribution in [-0.4, -0.2) is 61.7 Å². The molecule has 0 bridgehead atoms. The van der Waals surface area contributed by atoms with Gasteiger partial charge in [-0.25, -0.2) is 0 Å². The van der Waals surface area contributed by atoms with E-state index in [2.05, 4.69) is 11.5 Å². The van der Waals surface area contributed by atoms with Crippen molar-refractivity contribution in [1.82, 2.24) is 9.80 Å². The Hall–Kier alpha value is -3.42. The van der Waals surface area contributed by atoms with Crippen LogP contribution in [0.2, 0.25) is 0 Å². The van der Waals surface area contributed by atoms with E-state index in [0.29, 0.717) is 35.4 Å². The summed E-state index contributed by atoms with van der Waals surface area (Å²) >= 11 is 0. The largest absolute Gasteiger partial charge is 0.490 e. The number of morpholine rings is 1. The highest BCUT2D eigenvalue weighted by molar-refractivity contribution is 5.99. The second-order valence-corrected chi connectivity index (χ2v) is 8.55. The lowest BCUT2D eigenvalue weighted by atomic mass is 9.98. The highest BCUT2D eigenvalue weighted by atomic mass is 16.5. The third-order valence-electron chi connectivity index (χ3n) is 6.39. The maximum absolute atomic E-state index is 13.6. The van der Waals surface area contributed by atoms with Gasteiger partial charge in [0.15, 0.2) is 5.43 Å². The zero-order valence-corrected chi connectivity index (χ0v) is 19.1. The van der Waals surface area contributed by atoms with Crippen molar-refractivity contribution >= 4 is 16.9 Å². The summed E-state index contributed by atoms with van der Waals surface area (Å²) in [6.45, 7) is 8.71. The molecule has 0 radical (unpaired) electrons. The number of benzene rings is 2. The number of carbonyl (C=O) groups excluding carboxylic acids is 1. The number of hydrogen-bond acceptors (Lipinski definition) is 6. The second-order valence-electron chi connectivity index (χ2n) is 8.55. The number of para-hydroxylation sites is 1. The highest BCUT2D eigenvalue weighted by Gasteiger charge is 2.42. The molecule has 2 aliphatic heterocycles. The minimum atomic E-state index is -0.527. The summed E-state index contributed by atoms with van der Waals surface area (Å²) in [6.07, 6.45) is 2.47. The molecule has 0 spiro atoms. The van der Waals surface area contributed by atoms with Crippen LogP contribution in [0.25, 0.3) is 11.0 Å². The molecule has 7 nitrogen and oxygen atoms in total. The van der Waals surface area contributed by atoms with Crippen molar-refractivity contribution in [3.8, 4) is 5.75 Å². The standard InChI is InChI=1S/C27H28N2O5/c1-2-15-33-20-8-5-7-19(18-20)24-23-25(30)21-9-3-4-10-22(21)34-26(23)27(31)29(24)12-6-11-28-13-16-32-17-14-28/h2-5,7-10,18,24H,1,6,11-17H2/t24-/m1/s1. The van der Waals surface area contributed by atoms with Gasteiger partial charge in [-0.3, -0.25) is 14.5 Å². The van der Waals surface area contributed by atoms with Gasteiger partial charge in [0.25, 0.3) is 5.91 Å². The van der Waals surface area contributed by atoms with Gasteiger partial charge in [-0.2, -0.15) is 0 Å². The van der Waals surface area contributed by atoms with Crippen molar-refractivity contribution in [3.63, 3.8) is 0 Å². The Morgan fingerprint density at radius 1 is 1.06 bits per heavy atom. The highest BCUT2D eigenvalue weighted by Crippen LogP contribution is 2.39. The van der Waals surface area contributed by atoms with Crippen LogP contribution in [0.15, 0.2) is 70.4 Å². The van der Waals surface area contributed by atoms with Crippen molar-refractivity contribution in [2.45, 2.75) is 12.5 Å². The molecular formula is C27H28N2O5. The van der Waals surface area contributed by atoms with E-state index in [1.165, 1.54) is 0 Å². The van der Waals surface area contributed by atoms with Crippen LogP contribution in [0, 0.1) is 0 Å². The predicted molar refractivity (Wildman–Crippen MR) is 129 cm³/mol. The van der Waals surface area contributed by atoms with Crippen LogP contribution in [0.5, 0.6) is 5.75 Å². The summed E-state index contributed by atoms with van der Waals surface area (Å²) in [6, 6.07) is 14.1. The maximum atomic E-state index is 13.6. The van der Waals surface area contributed by atoms with E-state index in [-0.39, 0.29) is 17.1 Å². The molecule has 0 saturated carbocycles. The Morgan fingerprint density at radius 2 is 1.88 bits per heavy atom. The molecule has 1 saturated heterocycles. The Balaban J connectivity index is 1.52. The van der Waals surface area contributed by atoms with Gasteiger partial charge in [0.05, 0.1) is 30.2 Å². The Morgan fingerprint density at radius 3 is 2.71 bits per heavy atom. The van der Waals surface area contributed by atoms with Crippen LogP contribution < -0.4 is 10.2 Å². The summed E-state index contributed by atoms with van der Waals surface area (Å²) in [5.74, 6) is 0.552. The summed E-state index contributed by atoms with van der Waals surface area (Å²) in [5, 5.41) is 0.480. The average Bonchev–Trinajstić information content (AvgIpc) is 3.15. The molecule has 2 aromatic carbocycles. The molecular weight excluding hydrogens is 432 g/mol. The molecule has 1 aromatic heterocycles. The van der Waals surface area contributed by atoms with Gasteiger partial charge < -0.3 is 18.8 Å². The zero-order chi connectivity index (χ0) is 23.5. The molecule has 1 fully saturated rings. The monoisotopic (exact) mass is 460 g/mol. The summed E-state index contributed by atoms with van der Waals surface area (Å²) < 4.78 is 17.2. The van der Waals surface area contributed by atoms with Crippen LogP contribution in [0.1, 0.15) is 34.1 Å². The molecule has 0 N–H and O–H groups in total. The van der Waals surface area contributed by atoms with Crippen LogP contribution >= 0.6 is 0 Å². The summed E-state index contributed by atoms with van der Waals surface area (Å²) in [4.78, 5) is 31.2. The minimum absolute atomic E-state index is 0.137. The van der Waals surface area contributed by atoms with E-state index < -0.39 is 6.04 Å². The van der Waals surface area contributed by atoms with Crippen molar-refractivity contribution in [2.75, 3.05) is 46.0 Å². The fraction of sp³-hybridized carbons (Fsp3) is 0.333. The minimum Gasteiger partial charge on any atom is -0.490 e. The number of hydrogen-bond donors (Lipinski definition) is 0. The van der Waals surface area contributed by atoms with E-state index in [0.717, 1.165) is 44.8 Å². The molecule has 3 aromatic rings. The first-order chi connectivity index (χ1) is 16.7. The normalized spacial score (nSPS) is 18.3. The third kappa shape index (κ3) is 4.24. The van der Waals surface area contributed by atoms with Crippen molar-refractivity contribution < 1.29 is 18.7 Å². The fourth-order valence-corrected chi connectivity index (χ4v) is 4.76. The van der Waals surface area contributed by atoms with Crippen molar-refractivity contribution in [3.05, 3.63) is 88.3 Å². The van der Waals surface area contributed by atoms with E-state index in [1.54, 1.807) is 35.2 Å². The van der Waals surface area contributed by atoms with Crippen LogP contribution in [0.4, 0.5) is 0 Å². The lowest BCUT2D eigenvalue weighted by Crippen LogP contribution is -2.38. The van der Waals surface area contributed by atoms with E-state index >= 15 is 0 Å². The van der Waals surface area contributed by atoms with Gasteiger partial charge in [0.1, 0.15) is 17.9 Å². The molecule has 1 amide bonds. The smallest absolute Gasteiger partial charge is 0.290 e. The molecule has 5 rings (SSSR count).